The fraction of sp³-hybridized carbons (Fsp3) is 0.250. The lowest BCUT2D eigenvalue weighted by atomic mass is 10.0. The summed E-state index contributed by atoms with van der Waals surface area (Å²) in [5, 5.41) is 9.33. The van der Waals surface area contributed by atoms with Crippen molar-refractivity contribution in [3.8, 4) is 11.3 Å². The smallest absolute Gasteiger partial charge is 0.264 e. The van der Waals surface area contributed by atoms with Gasteiger partial charge in [-0.3, -0.25) is 14.4 Å². The van der Waals surface area contributed by atoms with Gasteiger partial charge in [0.15, 0.2) is 0 Å². The molecule has 0 saturated carbocycles. The largest absolute Gasteiger partial charge is 0.326 e. The van der Waals surface area contributed by atoms with E-state index in [1.54, 1.807) is 29.2 Å². The number of anilines is 2. The molecule has 158 valence electrons. The third kappa shape index (κ3) is 4.55. The number of carbonyl (C=O) groups excluding carboxylic acids is 2. The zero-order valence-corrected chi connectivity index (χ0v) is 17.5. The average Bonchev–Trinajstić information content (AvgIpc) is 3.16. The van der Waals surface area contributed by atoms with Crippen molar-refractivity contribution < 1.29 is 9.59 Å². The number of amides is 2. The lowest BCUT2D eigenvalue weighted by Gasteiger charge is -2.18. The maximum Gasteiger partial charge on any atom is 0.264 e. The Hall–Kier alpha value is -3.74. The highest BCUT2D eigenvalue weighted by molar-refractivity contribution is 6.03. The van der Waals surface area contributed by atoms with Gasteiger partial charge >= 0.3 is 0 Å². The first-order valence-corrected chi connectivity index (χ1v) is 10.3. The van der Waals surface area contributed by atoms with E-state index in [1.807, 2.05) is 30.3 Å². The number of benzene rings is 2. The quantitative estimate of drug-likeness (QED) is 0.665. The standard InChI is InChI=1S/C24H24N4O3/c1-15(2)16-5-4-8-20(12-16)28-14-18(13-23(28)30)24(31)25-19-7-3-6-17(11-19)21-9-10-22(29)27-26-21/h3-12,15,18H,13-14H2,1-2H3,(H,25,31)(H,27,29). The second-order valence-corrected chi connectivity index (χ2v) is 8.03. The van der Waals surface area contributed by atoms with E-state index in [1.165, 1.54) is 6.07 Å². The average molecular weight is 416 g/mol. The zero-order chi connectivity index (χ0) is 22.0. The minimum absolute atomic E-state index is 0.0488. The first-order chi connectivity index (χ1) is 14.9. The van der Waals surface area contributed by atoms with Crippen molar-refractivity contribution >= 4 is 23.2 Å². The van der Waals surface area contributed by atoms with Crippen LogP contribution in [0.3, 0.4) is 0 Å². The Labute approximate surface area is 180 Å². The van der Waals surface area contributed by atoms with Gasteiger partial charge in [0.2, 0.25) is 11.8 Å². The Morgan fingerprint density at radius 3 is 2.65 bits per heavy atom. The monoisotopic (exact) mass is 416 g/mol. The van der Waals surface area contributed by atoms with Crippen LogP contribution in [0.15, 0.2) is 65.5 Å². The number of rotatable bonds is 5. The van der Waals surface area contributed by atoms with Gasteiger partial charge in [-0.05, 0) is 41.8 Å². The molecule has 0 spiro atoms. The summed E-state index contributed by atoms with van der Waals surface area (Å²) in [6.07, 6.45) is 0.179. The molecule has 2 heterocycles. The number of aromatic amines is 1. The molecule has 1 aromatic heterocycles. The molecule has 1 fully saturated rings. The summed E-state index contributed by atoms with van der Waals surface area (Å²) in [7, 11) is 0. The number of aromatic nitrogens is 2. The molecule has 2 amide bonds. The Morgan fingerprint density at radius 2 is 1.90 bits per heavy atom. The first kappa shape index (κ1) is 20.5. The summed E-state index contributed by atoms with van der Waals surface area (Å²) in [6.45, 7) is 4.57. The number of hydrogen-bond acceptors (Lipinski definition) is 4. The molecular formula is C24H24N4O3. The van der Waals surface area contributed by atoms with Crippen LogP contribution >= 0.6 is 0 Å². The molecule has 0 bridgehead atoms. The predicted octanol–water partition coefficient (Wildman–Crippen LogP) is 3.55. The molecule has 1 aliphatic heterocycles. The molecule has 0 aliphatic carbocycles. The van der Waals surface area contributed by atoms with Crippen LogP contribution in [0.4, 0.5) is 11.4 Å². The Kier molecular flexibility index (Phi) is 5.66. The van der Waals surface area contributed by atoms with Gasteiger partial charge in [0.05, 0.1) is 11.6 Å². The first-order valence-electron chi connectivity index (χ1n) is 10.3. The van der Waals surface area contributed by atoms with Gasteiger partial charge in [-0.15, -0.1) is 0 Å². The normalized spacial score (nSPS) is 16.0. The van der Waals surface area contributed by atoms with Gasteiger partial charge in [0, 0.05) is 36.0 Å². The van der Waals surface area contributed by atoms with Crippen molar-refractivity contribution in [2.24, 2.45) is 5.92 Å². The van der Waals surface area contributed by atoms with Crippen molar-refractivity contribution in [3.05, 3.63) is 76.6 Å². The van der Waals surface area contributed by atoms with Gasteiger partial charge in [-0.2, -0.15) is 5.10 Å². The van der Waals surface area contributed by atoms with E-state index < -0.39 is 5.92 Å². The topological polar surface area (TPSA) is 95.2 Å². The number of hydrogen-bond donors (Lipinski definition) is 2. The highest BCUT2D eigenvalue weighted by atomic mass is 16.2. The van der Waals surface area contributed by atoms with Crippen LogP contribution in [0.1, 0.15) is 31.7 Å². The Balaban J connectivity index is 1.47. The molecular weight excluding hydrogens is 392 g/mol. The van der Waals surface area contributed by atoms with Gasteiger partial charge in [0.25, 0.3) is 5.56 Å². The SMILES string of the molecule is CC(C)c1cccc(N2CC(C(=O)Nc3cccc(-c4ccc(=O)[nH]n4)c3)CC2=O)c1. The summed E-state index contributed by atoms with van der Waals surface area (Å²) in [5.74, 6) is -0.305. The van der Waals surface area contributed by atoms with Crippen LogP contribution < -0.4 is 15.8 Å². The van der Waals surface area contributed by atoms with Gasteiger partial charge in [-0.25, -0.2) is 5.10 Å². The van der Waals surface area contributed by atoms with Crippen molar-refractivity contribution in [1.29, 1.82) is 0 Å². The predicted molar refractivity (Wildman–Crippen MR) is 120 cm³/mol. The number of H-pyrrole nitrogens is 1. The number of nitrogens with one attached hydrogen (secondary N) is 2. The van der Waals surface area contributed by atoms with E-state index in [9.17, 15) is 14.4 Å². The lowest BCUT2D eigenvalue weighted by molar-refractivity contribution is -0.122. The number of nitrogens with zero attached hydrogens (tertiary/aromatic N) is 2. The summed E-state index contributed by atoms with van der Waals surface area (Å²) in [4.78, 5) is 38.4. The van der Waals surface area contributed by atoms with Crippen molar-refractivity contribution in [2.75, 3.05) is 16.8 Å². The molecule has 31 heavy (non-hydrogen) atoms. The highest BCUT2D eigenvalue weighted by Gasteiger charge is 2.35. The molecule has 7 heteroatoms. The van der Waals surface area contributed by atoms with Crippen LogP contribution in [0.2, 0.25) is 0 Å². The molecule has 7 nitrogen and oxygen atoms in total. The van der Waals surface area contributed by atoms with E-state index in [-0.39, 0.29) is 23.8 Å². The molecule has 1 saturated heterocycles. The molecule has 0 radical (unpaired) electrons. The molecule has 3 aromatic rings. The molecule has 1 aliphatic rings. The van der Waals surface area contributed by atoms with Crippen molar-refractivity contribution in [2.45, 2.75) is 26.2 Å². The summed E-state index contributed by atoms with van der Waals surface area (Å²) in [5.41, 5.74) is 3.70. The van der Waals surface area contributed by atoms with Crippen LogP contribution in [-0.2, 0) is 9.59 Å². The second kappa shape index (κ2) is 8.55. The van der Waals surface area contributed by atoms with Crippen LogP contribution in [0, 0.1) is 5.92 Å². The van der Waals surface area contributed by atoms with Gasteiger partial charge in [0.1, 0.15) is 0 Å². The minimum Gasteiger partial charge on any atom is -0.326 e. The zero-order valence-electron chi connectivity index (χ0n) is 17.5. The van der Waals surface area contributed by atoms with Crippen molar-refractivity contribution in [1.82, 2.24) is 10.2 Å². The number of carbonyl (C=O) groups is 2. The molecule has 1 unspecified atom stereocenters. The lowest BCUT2D eigenvalue weighted by Crippen LogP contribution is -2.28. The minimum atomic E-state index is -0.426. The van der Waals surface area contributed by atoms with Crippen LogP contribution in [0.25, 0.3) is 11.3 Å². The third-order valence-electron chi connectivity index (χ3n) is 5.45. The third-order valence-corrected chi connectivity index (χ3v) is 5.45. The molecule has 2 N–H and O–H groups in total. The summed E-state index contributed by atoms with van der Waals surface area (Å²) >= 11 is 0. The van der Waals surface area contributed by atoms with E-state index in [2.05, 4.69) is 29.4 Å². The van der Waals surface area contributed by atoms with E-state index in [0.717, 1.165) is 16.8 Å². The Bertz CT molecular complexity index is 1160. The van der Waals surface area contributed by atoms with Gasteiger partial charge in [-0.1, -0.05) is 38.1 Å². The van der Waals surface area contributed by atoms with E-state index >= 15 is 0 Å². The molecule has 4 rings (SSSR count). The maximum atomic E-state index is 12.9. The van der Waals surface area contributed by atoms with Crippen LogP contribution in [-0.4, -0.2) is 28.6 Å². The molecule has 1 atom stereocenters. The second-order valence-electron chi connectivity index (χ2n) is 8.03. The van der Waals surface area contributed by atoms with Crippen molar-refractivity contribution in [3.63, 3.8) is 0 Å². The summed E-state index contributed by atoms with van der Waals surface area (Å²) < 4.78 is 0. The molecule has 2 aromatic carbocycles. The van der Waals surface area contributed by atoms with E-state index in [0.29, 0.717) is 23.8 Å². The van der Waals surface area contributed by atoms with Crippen LogP contribution in [0.5, 0.6) is 0 Å². The van der Waals surface area contributed by atoms with E-state index in [4.69, 9.17) is 0 Å². The fourth-order valence-corrected chi connectivity index (χ4v) is 3.69. The Morgan fingerprint density at radius 1 is 1.10 bits per heavy atom. The fourth-order valence-electron chi connectivity index (χ4n) is 3.69. The summed E-state index contributed by atoms with van der Waals surface area (Å²) in [6, 6.07) is 18.2. The highest BCUT2D eigenvalue weighted by Crippen LogP contribution is 2.29. The van der Waals surface area contributed by atoms with Gasteiger partial charge < -0.3 is 10.2 Å². The maximum absolute atomic E-state index is 12.9.